The molecule has 0 saturated carbocycles. The lowest BCUT2D eigenvalue weighted by molar-refractivity contribution is -0.0707. The molecule has 21 heavy (non-hydrogen) atoms. The first-order chi connectivity index (χ1) is 10.4. The fraction of sp³-hybridized carbons (Fsp3) is 0.857. The zero-order chi connectivity index (χ0) is 14.1. The molecule has 2 atom stereocenters. The number of nitrogens with zero attached hydrogens (tertiary/aromatic N) is 5. The van der Waals surface area contributed by atoms with E-state index in [1.807, 2.05) is 6.20 Å². The van der Waals surface area contributed by atoms with E-state index in [-0.39, 0.29) is 6.10 Å². The molecule has 0 radical (unpaired) electrons. The van der Waals surface area contributed by atoms with Crippen molar-refractivity contribution in [1.82, 2.24) is 24.8 Å². The van der Waals surface area contributed by atoms with Gasteiger partial charge in [-0.05, 0) is 6.42 Å². The molecule has 3 aliphatic rings. The molecule has 2 fully saturated rings. The molecule has 116 valence electrons. The zero-order valence-corrected chi connectivity index (χ0v) is 12.4. The van der Waals surface area contributed by atoms with Gasteiger partial charge in [-0.15, -0.1) is 5.10 Å². The molecule has 0 amide bonds. The standard InChI is InChI=1S/C14H23N5O2/c1-2-18(4-3-17-5-7-20-8-6-17)10-14-13(1)19-12(11-21-14)9-15-16-19/h9,13-14H,1-8,10-11H2/t13-,14-/m1/s1. The molecule has 2 saturated heterocycles. The zero-order valence-electron chi connectivity index (χ0n) is 12.4. The van der Waals surface area contributed by atoms with Gasteiger partial charge < -0.3 is 9.47 Å². The Morgan fingerprint density at radius 2 is 2.00 bits per heavy atom. The molecular weight excluding hydrogens is 270 g/mol. The Balaban J connectivity index is 1.31. The largest absolute Gasteiger partial charge is 0.379 e. The minimum Gasteiger partial charge on any atom is -0.379 e. The summed E-state index contributed by atoms with van der Waals surface area (Å²) in [6.45, 7) is 8.92. The Morgan fingerprint density at radius 3 is 2.90 bits per heavy atom. The van der Waals surface area contributed by atoms with Gasteiger partial charge in [0.05, 0.1) is 43.9 Å². The lowest BCUT2D eigenvalue weighted by Crippen LogP contribution is -2.50. The monoisotopic (exact) mass is 293 g/mol. The first-order valence-corrected chi connectivity index (χ1v) is 7.93. The predicted molar refractivity (Wildman–Crippen MR) is 76.0 cm³/mol. The molecule has 0 spiro atoms. The third kappa shape index (κ3) is 2.83. The Hall–Kier alpha value is -1.02. The lowest BCUT2D eigenvalue weighted by Gasteiger charge is -2.41. The van der Waals surface area contributed by atoms with Crippen molar-refractivity contribution in [3.63, 3.8) is 0 Å². The van der Waals surface area contributed by atoms with Crippen molar-refractivity contribution in [2.45, 2.75) is 25.2 Å². The van der Waals surface area contributed by atoms with Gasteiger partial charge in [0.15, 0.2) is 0 Å². The van der Waals surface area contributed by atoms with Crippen LogP contribution in [0.25, 0.3) is 0 Å². The van der Waals surface area contributed by atoms with E-state index >= 15 is 0 Å². The van der Waals surface area contributed by atoms with Crippen LogP contribution < -0.4 is 0 Å². The van der Waals surface area contributed by atoms with Crippen molar-refractivity contribution < 1.29 is 9.47 Å². The van der Waals surface area contributed by atoms with Gasteiger partial charge in [-0.25, -0.2) is 4.68 Å². The molecule has 0 aliphatic carbocycles. The number of likely N-dealkylation sites (tertiary alicyclic amines) is 1. The summed E-state index contributed by atoms with van der Waals surface area (Å²) < 4.78 is 13.5. The Morgan fingerprint density at radius 1 is 1.14 bits per heavy atom. The number of hydrogen-bond donors (Lipinski definition) is 0. The third-order valence-corrected chi connectivity index (χ3v) is 4.85. The Bertz CT molecular complexity index is 474. The summed E-state index contributed by atoms with van der Waals surface area (Å²) in [7, 11) is 0. The second kappa shape index (κ2) is 6.00. The number of hydrogen-bond acceptors (Lipinski definition) is 6. The first kappa shape index (κ1) is 13.6. The molecule has 4 heterocycles. The fourth-order valence-corrected chi connectivity index (χ4v) is 3.56. The summed E-state index contributed by atoms with van der Waals surface area (Å²) in [5, 5.41) is 8.24. The van der Waals surface area contributed by atoms with E-state index in [9.17, 15) is 0 Å². The quantitative estimate of drug-likeness (QED) is 0.766. The number of ether oxygens (including phenoxy) is 2. The van der Waals surface area contributed by atoms with E-state index < -0.39 is 0 Å². The van der Waals surface area contributed by atoms with Gasteiger partial charge in [0.2, 0.25) is 0 Å². The molecule has 3 aliphatic heterocycles. The number of piperidine rings is 1. The van der Waals surface area contributed by atoms with Crippen molar-refractivity contribution in [2.24, 2.45) is 0 Å². The first-order valence-electron chi connectivity index (χ1n) is 7.93. The number of morpholine rings is 1. The number of rotatable bonds is 3. The van der Waals surface area contributed by atoms with Crippen molar-refractivity contribution >= 4 is 0 Å². The summed E-state index contributed by atoms with van der Waals surface area (Å²) >= 11 is 0. The summed E-state index contributed by atoms with van der Waals surface area (Å²) in [5.41, 5.74) is 1.11. The summed E-state index contributed by atoms with van der Waals surface area (Å²) in [5.74, 6) is 0. The van der Waals surface area contributed by atoms with E-state index in [4.69, 9.17) is 9.47 Å². The van der Waals surface area contributed by atoms with Gasteiger partial charge in [0, 0.05) is 39.3 Å². The van der Waals surface area contributed by atoms with Crippen LogP contribution in [0.5, 0.6) is 0 Å². The molecule has 4 rings (SSSR count). The topological polar surface area (TPSA) is 55.7 Å². The van der Waals surface area contributed by atoms with Crippen LogP contribution in [0.15, 0.2) is 6.20 Å². The SMILES string of the molecule is c1nnn2c1CO[C@@H]1CN(CCN3CCOCC3)CC[C@H]12. The maximum Gasteiger partial charge on any atom is 0.0932 e. The normalized spacial score (nSPS) is 30.9. The van der Waals surface area contributed by atoms with Gasteiger partial charge in [-0.2, -0.15) is 0 Å². The van der Waals surface area contributed by atoms with Gasteiger partial charge >= 0.3 is 0 Å². The summed E-state index contributed by atoms with van der Waals surface area (Å²) in [6.07, 6.45) is 3.18. The lowest BCUT2D eigenvalue weighted by atomic mass is 10.0. The fourth-order valence-electron chi connectivity index (χ4n) is 3.56. The van der Waals surface area contributed by atoms with E-state index in [2.05, 4.69) is 24.8 Å². The van der Waals surface area contributed by atoms with Crippen LogP contribution in [0.4, 0.5) is 0 Å². The van der Waals surface area contributed by atoms with Crippen molar-refractivity contribution in [1.29, 1.82) is 0 Å². The van der Waals surface area contributed by atoms with Crippen LogP contribution in [0, 0.1) is 0 Å². The van der Waals surface area contributed by atoms with Crippen LogP contribution in [-0.4, -0.2) is 83.4 Å². The summed E-state index contributed by atoms with van der Waals surface area (Å²) in [4.78, 5) is 5.02. The Labute approximate surface area is 124 Å². The highest BCUT2D eigenvalue weighted by atomic mass is 16.5. The van der Waals surface area contributed by atoms with Crippen LogP contribution in [0.3, 0.4) is 0 Å². The van der Waals surface area contributed by atoms with Crippen LogP contribution in [-0.2, 0) is 16.1 Å². The minimum absolute atomic E-state index is 0.262. The van der Waals surface area contributed by atoms with Gasteiger partial charge in [-0.3, -0.25) is 9.80 Å². The van der Waals surface area contributed by atoms with Gasteiger partial charge in [0.1, 0.15) is 0 Å². The average Bonchev–Trinajstić information content (AvgIpc) is 3.02. The molecule has 7 nitrogen and oxygen atoms in total. The Kier molecular flexibility index (Phi) is 3.89. The van der Waals surface area contributed by atoms with Crippen LogP contribution in [0.1, 0.15) is 18.2 Å². The second-order valence-electron chi connectivity index (χ2n) is 6.13. The van der Waals surface area contributed by atoms with Crippen LogP contribution >= 0.6 is 0 Å². The van der Waals surface area contributed by atoms with Crippen molar-refractivity contribution in [3.05, 3.63) is 11.9 Å². The minimum atomic E-state index is 0.262. The highest BCUT2D eigenvalue weighted by Gasteiger charge is 2.36. The number of aromatic nitrogens is 3. The van der Waals surface area contributed by atoms with Crippen LogP contribution in [0.2, 0.25) is 0 Å². The van der Waals surface area contributed by atoms with E-state index in [1.165, 1.54) is 0 Å². The molecule has 0 N–H and O–H groups in total. The van der Waals surface area contributed by atoms with E-state index in [0.29, 0.717) is 12.6 Å². The maximum atomic E-state index is 6.01. The maximum absolute atomic E-state index is 6.01. The summed E-state index contributed by atoms with van der Waals surface area (Å²) in [6, 6.07) is 0.371. The smallest absolute Gasteiger partial charge is 0.0932 e. The van der Waals surface area contributed by atoms with Crippen molar-refractivity contribution in [3.8, 4) is 0 Å². The molecule has 0 aromatic carbocycles. The average molecular weight is 293 g/mol. The molecule has 1 aromatic rings. The van der Waals surface area contributed by atoms with E-state index in [1.54, 1.807) is 0 Å². The highest BCUT2D eigenvalue weighted by Crippen LogP contribution is 2.30. The van der Waals surface area contributed by atoms with Gasteiger partial charge in [0.25, 0.3) is 0 Å². The molecule has 0 bridgehead atoms. The molecule has 7 heteroatoms. The molecule has 0 unspecified atom stereocenters. The van der Waals surface area contributed by atoms with E-state index in [0.717, 1.165) is 64.6 Å². The predicted octanol–water partition coefficient (Wildman–Crippen LogP) is -0.244. The van der Waals surface area contributed by atoms with Crippen molar-refractivity contribution in [2.75, 3.05) is 52.5 Å². The third-order valence-electron chi connectivity index (χ3n) is 4.85. The van der Waals surface area contributed by atoms with Gasteiger partial charge in [-0.1, -0.05) is 5.21 Å². The molecule has 1 aromatic heterocycles. The molecular formula is C14H23N5O2. The second-order valence-corrected chi connectivity index (χ2v) is 6.13. The number of fused-ring (bicyclic) bond motifs is 3. The highest BCUT2D eigenvalue weighted by molar-refractivity contribution is 5.01.